The Morgan fingerprint density at radius 2 is 1.86 bits per heavy atom. The Morgan fingerprint density at radius 3 is 2.49 bits per heavy atom. The second-order valence-electron chi connectivity index (χ2n) is 7.76. The molecule has 37 heavy (non-hydrogen) atoms. The van der Waals surface area contributed by atoms with Gasteiger partial charge in [0.05, 0.1) is 29.4 Å². The summed E-state index contributed by atoms with van der Waals surface area (Å²) >= 11 is 0. The van der Waals surface area contributed by atoms with Gasteiger partial charge in [-0.25, -0.2) is 9.18 Å². The monoisotopic (exact) mass is 519 g/mol. The number of carbonyl (C=O) groups excluding carboxylic acids is 1. The molecule has 1 heterocycles. The average Bonchev–Trinajstić information content (AvgIpc) is 3.23. The van der Waals surface area contributed by atoms with Crippen LogP contribution in [0.15, 0.2) is 45.7 Å². The van der Waals surface area contributed by atoms with E-state index in [0.29, 0.717) is 5.56 Å². The first-order chi connectivity index (χ1) is 17.4. The minimum Gasteiger partial charge on any atom is -0.496 e. The standard InChI is InChI=1S/C23H21F4N7O3/c1-10(23(25,26)27)32-20(30)15(8-28)17(29)13-5-3-11(18-19(13)34-22(36)33-18)9-31-21(35)14-7-12(24)4-6-16(14)37-2/h3-7,10H,9,29H2,1-2H3,(H2,30,32)(H,31,35)(H2,33,34,36)/b17-15-. The van der Waals surface area contributed by atoms with Crippen molar-refractivity contribution in [2.24, 2.45) is 16.5 Å². The minimum atomic E-state index is -4.68. The highest BCUT2D eigenvalue weighted by Gasteiger charge is 2.36. The number of aromatic amines is 2. The average molecular weight is 519 g/mol. The van der Waals surface area contributed by atoms with Crippen LogP contribution in [0, 0.1) is 17.1 Å². The molecule has 0 aliphatic carbocycles. The van der Waals surface area contributed by atoms with Crippen molar-refractivity contribution in [3.8, 4) is 11.8 Å². The number of aromatic nitrogens is 2. The van der Waals surface area contributed by atoms with Gasteiger partial charge in [-0.3, -0.25) is 9.79 Å². The van der Waals surface area contributed by atoms with E-state index in [9.17, 15) is 32.4 Å². The van der Waals surface area contributed by atoms with E-state index >= 15 is 0 Å². The van der Waals surface area contributed by atoms with Crippen LogP contribution in [-0.4, -0.2) is 41.0 Å². The maximum atomic E-state index is 13.6. The van der Waals surface area contributed by atoms with E-state index in [1.54, 1.807) is 6.07 Å². The van der Waals surface area contributed by atoms with Crippen LogP contribution in [0.5, 0.6) is 5.75 Å². The molecule has 1 unspecified atom stereocenters. The molecule has 0 spiro atoms. The van der Waals surface area contributed by atoms with E-state index in [-0.39, 0.29) is 40.2 Å². The molecule has 0 saturated carbocycles. The lowest BCUT2D eigenvalue weighted by Gasteiger charge is -2.14. The SMILES string of the molecule is COc1ccc(F)cc1C(=O)NCc1ccc(/C(N)=C(\C#N)C(N)=NC(C)C(F)(F)F)c2[nH]c(=O)[nH]c12. The molecule has 3 rings (SSSR count). The van der Waals surface area contributed by atoms with E-state index in [4.69, 9.17) is 16.2 Å². The van der Waals surface area contributed by atoms with Crippen LogP contribution in [0.2, 0.25) is 0 Å². The topological polar surface area (TPSA) is 175 Å². The number of nitrogens with one attached hydrogen (secondary N) is 3. The van der Waals surface area contributed by atoms with Crippen molar-refractivity contribution < 1.29 is 27.1 Å². The van der Waals surface area contributed by atoms with Gasteiger partial charge in [0.15, 0.2) is 0 Å². The summed E-state index contributed by atoms with van der Waals surface area (Å²) in [5.74, 6) is -1.87. The van der Waals surface area contributed by atoms with E-state index in [0.717, 1.165) is 19.1 Å². The number of aliphatic imine (C=N–C) groups is 1. The molecule has 0 aliphatic rings. The summed E-state index contributed by atoms with van der Waals surface area (Å²) in [7, 11) is 1.32. The quantitative estimate of drug-likeness (QED) is 0.139. The van der Waals surface area contributed by atoms with Crippen LogP contribution in [-0.2, 0) is 6.54 Å². The summed E-state index contributed by atoms with van der Waals surface area (Å²) < 4.78 is 57.3. The molecule has 194 valence electrons. The number of alkyl halides is 3. The van der Waals surface area contributed by atoms with Gasteiger partial charge in [-0.05, 0) is 30.7 Å². The van der Waals surface area contributed by atoms with Crippen molar-refractivity contribution in [2.75, 3.05) is 7.11 Å². The van der Waals surface area contributed by atoms with Gasteiger partial charge in [-0.1, -0.05) is 12.1 Å². The molecule has 1 amide bonds. The molecule has 7 N–H and O–H groups in total. The summed E-state index contributed by atoms with van der Waals surface area (Å²) in [6.07, 6.45) is -4.68. The van der Waals surface area contributed by atoms with Gasteiger partial charge in [0.2, 0.25) is 0 Å². The lowest BCUT2D eigenvalue weighted by atomic mass is 10.0. The van der Waals surface area contributed by atoms with Gasteiger partial charge in [0, 0.05) is 12.1 Å². The van der Waals surface area contributed by atoms with Gasteiger partial charge in [0.25, 0.3) is 5.91 Å². The van der Waals surface area contributed by atoms with E-state index in [1.165, 1.54) is 25.3 Å². The predicted molar refractivity (Wildman–Crippen MR) is 127 cm³/mol. The number of carbonyl (C=O) groups is 1. The molecule has 0 bridgehead atoms. The Kier molecular flexibility index (Phi) is 7.56. The number of amides is 1. The maximum absolute atomic E-state index is 13.6. The van der Waals surface area contributed by atoms with Crippen molar-refractivity contribution in [3.63, 3.8) is 0 Å². The lowest BCUT2D eigenvalue weighted by Crippen LogP contribution is -2.28. The normalized spacial score (nSPS) is 13.6. The molecule has 1 aromatic heterocycles. The molecule has 1 atom stereocenters. The van der Waals surface area contributed by atoms with Crippen molar-refractivity contribution in [1.29, 1.82) is 5.26 Å². The van der Waals surface area contributed by atoms with Gasteiger partial charge < -0.3 is 31.5 Å². The number of hydrogen-bond acceptors (Lipinski definition) is 6. The van der Waals surface area contributed by atoms with E-state index in [1.807, 2.05) is 0 Å². The Labute approximate surface area is 206 Å². The van der Waals surface area contributed by atoms with Crippen molar-refractivity contribution in [1.82, 2.24) is 15.3 Å². The fourth-order valence-corrected chi connectivity index (χ4v) is 3.41. The Balaban J connectivity index is 1.99. The van der Waals surface area contributed by atoms with Crippen molar-refractivity contribution in [2.45, 2.75) is 25.7 Å². The Bertz CT molecular complexity index is 1510. The summed E-state index contributed by atoms with van der Waals surface area (Å²) in [6, 6.07) is 5.77. The zero-order valence-corrected chi connectivity index (χ0v) is 19.5. The van der Waals surface area contributed by atoms with Gasteiger partial charge in [-0.2, -0.15) is 18.4 Å². The highest BCUT2D eigenvalue weighted by molar-refractivity contribution is 6.09. The first kappa shape index (κ1) is 26.8. The maximum Gasteiger partial charge on any atom is 0.410 e. The lowest BCUT2D eigenvalue weighted by molar-refractivity contribution is -0.142. The number of hydrogen-bond donors (Lipinski definition) is 5. The molecule has 0 radical (unpaired) electrons. The van der Waals surface area contributed by atoms with Crippen LogP contribution >= 0.6 is 0 Å². The molecule has 0 fully saturated rings. The smallest absolute Gasteiger partial charge is 0.410 e. The molecule has 3 aromatic rings. The summed E-state index contributed by atoms with van der Waals surface area (Å²) in [5, 5.41) is 12.1. The van der Waals surface area contributed by atoms with Crippen molar-refractivity contribution >= 4 is 28.5 Å². The first-order valence-corrected chi connectivity index (χ1v) is 10.5. The third-order valence-corrected chi connectivity index (χ3v) is 5.35. The van der Waals surface area contributed by atoms with Crippen LogP contribution in [0.1, 0.15) is 28.4 Å². The summed E-state index contributed by atoms with van der Waals surface area (Å²) in [5.41, 5.74) is 11.0. The van der Waals surface area contributed by atoms with Gasteiger partial charge >= 0.3 is 11.9 Å². The highest BCUT2D eigenvalue weighted by atomic mass is 19.4. The number of H-pyrrole nitrogens is 2. The fourth-order valence-electron chi connectivity index (χ4n) is 3.41. The number of nitriles is 1. The van der Waals surface area contributed by atoms with E-state index < -0.39 is 41.0 Å². The summed E-state index contributed by atoms with van der Waals surface area (Å²) in [4.78, 5) is 33.0. The number of rotatable bonds is 7. The fraction of sp³-hybridized carbons (Fsp3) is 0.217. The largest absolute Gasteiger partial charge is 0.496 e. The number of ether oxygens (including phenoxy) is 1. The molecular formula is C23H21F4N7O3. The van der Waals surface area contributed by atoms with Gasteiger partial charge in [-0.15, -0.1) is 0 Å². The third-order valence-electron chi connectivity index (χ3n) is 5.35. The number of methoxy groups -OCH3 is 1. The number of benzene rings is 2. The number of imidazole rings is 1. The Hall–Kier alpha value is -4.80. The number of amidine groups is 1. The van der Waals surface area contributed by atoms with Crippen LogP contribution in [0.4, 0.5) is 17.6 Å². The molecule has 0 saturated heterocycles. The summed E-state index contributed by atoms with van der Waals surface area (Å²) in [6.45, 7) is 0.646. The highest BCUT2D eigenvalue weighted by Crippen LogP contribution is 2.26. The third kappa shape index (κ3) is 5.72. The molecule has 0 aliphatic heterocycles. The minimum absolute atomic E-state index is 0.0494. The number of fused-ring (bicyclic) bond motifs is 1. The second kappa shape index (κ2) is 10.4. The number of halogens is 4. The molecule has 10 nitrogen and oxygen atoms in total. The predicted octanol–water partition coefficient (Wildman–Crippen LogP) is 2.44. The van der Waals surface area contributed by atoms with Crippen LogP contribution in [0.3, 0.4) is 0 Å². The molecule has 2 aromatic carbocycles. The number of nitrogens with zero attached hydrogens (tertiary/aromatic N) is 2. The van der Waals surface area contributed by atoms with Crippen molar-refractivity contribution in [3.05, 3.63) is 68.9 Å². The zero-order chi connectivity index (χ0) is 27.5. The van der Waals surface area contributed by atoms with Crippen LogP contribution in [0.25, 0.3) is 16.7 Å². The second-order valence-corrected chi connectivity index (χ2v) is 7.76. The zero-order valence-electron chi connectivity index (χ0n) is 19.5. The van der Waals surface area contributed by atoms with E-state index in [2.05, 4.69) is 20.3 Å². The van der Waals surface area contributed by atoms with Gasteiger partial charge in [0.1, 0.15) is 35.1 Å². The number of nitrogens with two attached hydrogens (primary N) is 2. The van der Waals surface area contributed by atoms with Crippen LogP contribution < -0.4 is 27.2 Å². The molecular weight excluding hydrogens is 498 g/mol. The first-order valence-electron chi connectivity index (χ1n) is 10.5. The molecule has 14 heteroatoms. The Morgan fingerprint density at radius 1 is 1.19 bits per heavy atom.